The van der Waals surface area contributed by atoms with Gasteiger partial charge in [0.2, 0.25) is 0 Å². The first-order valence-electron chi connectivity index (χ1n) is 7.04. The van der Waals surface area contributed by atoms with Crippen LogP contribution < -0.4 is 15.4 Å². The third-order valence-electron chi connectivity index (χ3n) is 2.92. The minimum atomic E-state index is -2.83. The number of benzene rings is 1. The maximum Gasteiger partial charge on any atom is 0.387 e. The van der Waals surface area contributed by atoms with E-state index in [1.807, 2.05) is 13.0 Å². The van der Waals surface area contributed by atoms with Crippen LogP contribution in [0.5, 0.6) is 5.75 Å². The summed E-state index contributed by atoms with van der Waals surface area (Å²) in [6.45, 7) is 0.261. The van der Waals surface area contributed by atoms with Gasteiger partial charge in [0.1, 0.15) is 5.75 Å². The smallest absolute Gasteiger partial charge is 0.387 e. The lowest BCUT2D eigenvalue weighted by molar-refractivity contribution is -0.0504. The zero-order valence-corrected chi connectivity index (χ0v) is 16.7. The molecular formula is C15H24F2IN3OS. The third kappa shape index (κ3) is 9.19. The molecule has 8 heteroatoms. The zero-order chi connectivity index (χ0) is 16.4. The molecule has 0 saturated carbocycles. The van der Waals surface area contributed by atoms with Crippen LogP contribution in [0.3, 0.4) is 0 Å². The molecule has 0 aliphatic rings. The first-order valence-corrected chi connectivity index (χ1v) is 8.44. The minimum Gasteiger partial charge on any atom is -0.434 e. The van der Waals surface area contributed by atoms with Crippen molar-refractivity contribution in [1.29, 1.82) is 0 Å². The Bertz CT molecular complexity index is 490. The summed E-state index contributed by atoms with van der Waals surface area (Å²) in [5.41, 5.74) is 1.66. The summed E-state index contributed by atoms with van der Waals surface area (Å²) in [5, 5.41) is 6.30. The highest BCUT2D eigenvalue weighted by atomic mass is 127. The number of aryl methyl sites for hydroxylation is 1. The second-order valence-corrected chi connectivity index (χ2v) is 5.67. The van der Waals surface area contributed by atoms with Gasteiger partial charge >= 0.3 is 6.61 Å². The van der Waals surface area contributed by atoms with Gasteiger partial charge in [-0.25, -0.2) is 0 Å². The van der Waals surface area contributed by atoms with Crippen LogP contribution in [0.1, 0.15) is 17.5 Å². The summed E-state index contributed by atoms with van der Waals surface area (Å²) in [6.07, 6.45) is 3.10. The Labute approximate surface area is 157 Å². The Hall–Kier alpha value is -0.770. The molecule has 0 bridgehead atoms. The number of hydrogen-bond acceptors (Lipinski definition) is 3. The van der Waals surface area contributed by atoms with E-state index in [9.17, 15) is 8.78 Å². The lowest BCUT2D eigenvalue weighted by Gasteiger charge is -2.15. The number of halogens is 3. The molecule has 0 aliphatic heterocycles. The molecule has 132 valence electrons. The molecule has 23 heavy (non-hydrogen) atoms. The monoisotopic (exact) mass is 459 g/mol. The lowest BCUT2D eigenvalue weighted by Crippen LogP contribution is -2.37. The zero-order valence-electron chi connectivity index (χ0n) is 13.6. The molecule has 4 nitrogen and oxygen atoms in total. The van der Waals surface area contributed by atoms with Gasteiger partial charge in [0, 0.05) is 25.7 Å². The van der Waals surface area contributed by atoms with Crippen molar-refractivity contribution >= 4 is 41.7 Å². The molecule has 1 aromatic rings. The molecule has 0 aromatic heterocycles. The van der Waals surface area contributed by atoms with E-state index < -0.39 is 6.61 Å². The van der Waals surface area contributed by atoms with Crippen LogP contribution in [0.25, 0.3) is 0 Å². The first-order chi connectivity index (χ1) is 10.6. The molecule has 0 heterocycles. The number of nitrogens with one attached hydrogen (secondary N) is 2. The average Bonchev–Trinajstić information content (AvgIpc) is 2.48. The Morgan fingerprint density at radius 3 is 2.70 bits per heavy atom. The van der Waals surface area contributed by atoms with Gasteiger partial charge in [-0.2, -0.15) is 20.5 Å². The topological polar surface area (TPSA) is 45.7 Å². The fourth-order valence-electron chi connectivity index (χ4n) is 1.88. The fourth-order valence-corrected chi connectivity index (χ4v) is 2.31. The number of thioether (sulfide) groups is 1. The molecule has 1 rings (SSSR count). The van der Waals surface area contributed by atoms with E-state index in [0.29, 0.717) is 18.1 Å². The summed E-state index contributed by atoms with van der Waals surface area (Å²) >= 11 is 1.79. The highest BCUT2D eigenvalue weighted by Gasteiger charge is 2.10. The molecule has 1 aromatic carbocycles. The van der Waals surface area contributed by atoms with E-state index >= 15 is 0 Å². The van der Waals surface area contributed by atoms with Crippen molar-refractivity contribution in [2.45, 2.75) is 26.5 Å². The highest BCUT2D eigenvalue weighted by molar-refractivity contribution is 14.0. The van der Waals surface area contributed by atoms with E-state index in [1.54, 1.807) is 30.9 Å². The summed E-state index contributed by atoms with van der Waals surface area (Å²) in [4.78, 5) is 4.11. The van der Waals surface area contributed by atoms with Crippen LogP contribution in [0.4, 0.5) is 8.78 Å². The Balaban J connectivity index is 0.00000484. The fraction of sp³-hybridized carbons (Fsp3) is 0.533. The van der Waals surface area contributed by atoms with Crippen molar-refractivity contribution in [3.8, 4) is 5.75 Å². The predicted molar refractivity (Wildman–Crippen MR) is 104 cm³/mol. The molecule has 0 aliphatic carbocycles. The minimum absolute atomic E-state index is 0. The van der Waals surface area contributed by atoms with Gasteiger partial charge in [0.25, 0.3) is 0 Å². The van der Waals surface area contributed by atoms with Crippen molar-refractivity contribution in [2.24, 2.45) is 4.99 Å². The molecule has 0 unspecified atom stereocenters. The van der Waals surface area contributed by atoms with E-state index in [0.717, 1.165) is 24.3 Å². The summed E-state index contributed by atoms with van der Waals surface area (Å²) < 4.78 is 29.4. The van der Waals surface area contributed by atoms with E-state index in [1.165, 1.54) is 0 Å². The summed E-state index contributed by atoms with van der Waals surface area (Å²) in [6, 6.07) is 5.13. The second-order valence-electron chi connectivity index (χ2n) is 4.69. The van der Waals surface area contributed by atoms with E-state index in [-0.39, 0.29) is 29.7 Å². The van der Waals surface area contributed by atoms with Crippen LogP contribution in [0.2, 0.25) is 0 Å². The standard InChI is InChI=1S/C15H23F2N3OS.HI/c1-11-5-6-13(21-14(16)17)12(9-11)10-20-15(18-2)19-7-4-8-22-3;/h5-6,9,14H,4,7-8,10H2,1-3H3,(H2,18,19,20);1H. The summed E-state index contributed by atoms with van der Waals surface area (Å²) in [5.74, 6) is 1.91. The van der Waals surface area contributed by atoms with Gasteiger partial charge in [0.15, 0.2) is 5.96 Å². The number of alkyl halides is 2. The molecule has 0 spiro atoms. The van der Waals surface area contributed by atoms with Crippen molar-refractivity contribution in [3.05, 3.63) is 29.3 Å². The average molecular weight is 459 g/mol. The van der Waals surface area contributed by atoms with Gasteiger partial charge in [0.05, 0.1) is 0 Å². The maximum atomic E-state index is 12.4. The van der Waals surface area contributed by atoms with Crippen LogP contribution in [-0.4, -0.2) is 38.2 Å². The Kier molecular flexibility index (Phi) is 12.2. The van der Waals surface area contributed by atoms with Gasteiger partial charge in [-0.3, -0.25) is 4.99 Å². The molecular weight excluding hydrogens is 435 g/mol. The second kappa shape index (κ2) is 12.6. The summed E-state index contributed by atoms with van der Waals surface area (Å²) in [7, 11) is 1.68. The van der Waals surface area contributed by atoms with Crippen molar-refractivity contribution in [3.63, 3.8) is 0 Å². The predicted octanol–water partition coefficient (Wildman–Crippen LogP) is 3.63. The van der Waals surface area contributed by atoms with Crippen LogP contribution in [-0.2, 0) is 6.54 Å². The van der Waals surface area contributed by atoms with Crippen molar-refractivity contribution in [2.75, 3.05) is 25.6 Å². The molecule has 0 amide bonds. The lowest BCUT2D eigenvalue weighted by atomic mass is 10.1. The maximum absolute atomic E-state index is 12.4. The van der Waals surface area contributed by atoms with E-state index in [4.69, 9.17) is 0 Å². The van der Waals surface area contributed by atoms with E-state index in [2.05, 4.69) is 26.6 Å². The van der Waals surface area contributed by atoms with Gasteiger partial charge < -0.3 is 15.4 Å². The number of nitrogens with zero attached hydrogens (tertiary/aromatic N) is 1. The number of hydrogen-bond donors (Lipinski definition) is 2. The Morgan fingerprint density at radius 2 is 2.09 bits per heavy atom. The van der Waals surface area contributed by atoms with Gasteiger partial charge in [-0.05, 0) is 31.4 Å². The molecule has 2 N–H and O–H groups in total. The number of rotatable bonds is 8. The Morgan fingerprint density at radius 1 is 1.35 bits per heavy atom. The first kappa shape index (κ1) is 22.2. The molecule has 0 fully saturated rings. The van der Waals surface area contributed by atoms with Crippen molar-refractivity contribution < 1.29 is 13.5 Å². The van der Waals surface area contributed by atoms with Crippen LogP contribution in [0, 0.1) is 6.92 Å². The number of aliphatic imine (C=N–C) groups is 1. The van der Waals surface area contributed by atoms with Crippen molar-refractivity contribution in [1.82, 2.24) is 10.6 Å². The molecule has 0 atom stereocenters. The van der Waals surface area contributed by atoms with Gasteiger partial charge in [-0.1, -0.05) is 17.7 Å². The quantitative estimate of drug-likeness (QED) is 0.270. The number of ether oxygens (including phenoxy) is 1. The number of guanidine groups is 1. The highest BCUT2D eigenvalue weighted by Crippen LogP contribution is 2.21. The normalized spacial score (nSPS) is 11.1. The largest absolute Gasteiger partial charge is 0.434 e. The van der Waals surface area contributed by atoms with Crippen LogP contribution in [0.15, 0.2) is 23.2 Å². The third-order valence-corrected chi connectivity index (χ3v) is 3.62. The SMILES string of the molecule is CN=C(NCCCSC)NCc1cc(C)ccc1OC(F)F.I. The van der Waals surface area contributed by atoms with Crippen LogP contribution >= 0.6 is 35.7 Å². The molecule has 0 radical (unpaired) electrons. The molecule has 0 saturated heterocycles. The van der Waals surface area contributed by atoms with Gasteiger partial charge in [-0.15, -0.1) is 24.0 Å².